The molecule has 2 atom stereocenters. The smallest absolute Gasteiger partial charge is 0.214 e. The van der Waals surface area contributed by atoms with Crippen molar-refractivity contribution in [3.63, 3.8) is 0 Å². The molecule has 1 saturated heterocycles. The number of aromatic amines is 1. The Bertz CT molecular complexity index is 452. The molecule has 18 heavy (non-hydrogen) atoms. The van der Waals surface area contributed by atoms with Crippen molar-refractivity contribution >= 4 is 10.0 Å². The summed E-state index contributed by atoms with van der Waals surface area (Å²) in [6.07, 6.45) is 5.54. The molecule has 0 bridgehead atoms. The Morgan fingerprint density at radius 1 is 1.67 bits per heavy atom. The van der Waals surface area contributed by atoms with E-state index in [-0.39, 0.29) is 17.9 Å². The summed E-state index contributed by atoms with van der Waals surface area (Å²) in [5.41, 5.74) is 0. The van der Waals surface area contributed by atoms with Gasteiger partial charge < -0.3 is 9.72 Å². The quantitative estimate of drug-likeness (QED) is 0.808. The first-order valence-electron chi connectivity index (χ1n) is 6.21. The first kappa shape index (κ1) is 13.5. The predicted octanol–water partition coefficient (Wildman–Crippen LogP) is 0.959. The first-order chi connectivity index (χ1) is 8.61. The lowest BCUT2D eigenvalue weighted by Crippen LogP contribution is -2.35. The highest BCUT2D eigenvalue weighted by Crippen LogP contribution is 2.17. The van der Waals surface area contributed by atoms with Gasteiger partial charge in [-0.05, 0) is 19.3 Å². The second-order valence-corrected chi connectivity index (χ2v) is 6.27. The van der Waals surface area contributed by atoms with Crippen molar-refractivity contribution in [1.82, 2.24) is 14.7 Å². The summed E-state index contributed by atoms with van der Waals surface area (Å²) < 4.78 is 32.1. The summed E-state index contributed by atoms with van der Waals surface area (Å²) in [5, 5.41) is 0. The summed E-state index contributed by atoms with van der Waals surface area (Å²) in [6, 6.07) is -0.300. The van der Waals surface area contributed by atoms with Gasteiger partial charge in [-0.1, -0.05) is 6.92 Å². The standard InChI is InChI=1S/C11H19N3O3S/c1-2-10(11-12-5-6-13-11)14-18(15,16)8-9-4-3-7-17-9/h5-6,9-10,14H,2-4,7-8H2,1H3,(H,12,13). The van der Waals surface area contributed by atoms with Crippen LogP contribution in [-0.2, 0) is 14.8 Å². The van der Waals surface area contributed by atoms with Crippen LogP contribution in [0.4, 0.5) is 0 Å². The number of nitrogens with one attached hydrogen (secondary N) is 2. The van der Waals surface area contributed by atoms with E-state index in [1.807, 2.05) is 6.92 Å². The Hall–Kier alpha value is -0.920. The Kier molecular flexibility index (Phi) is 4.36. The van der Waals surface area contributed by atoms with Crippen LogP contribution >= 0.6 is 0 Å². The molecule has 7 heteroatoms. The van der Waals surface area contributed by atoms with Gasteiger partial charge >= 0.3 is 0 Å². The van der Waals surface area contributed by atoms with Gasteiger partial charge in [-0.2, -0.15) is 0 Å². The van der Waals surface area contributed by atoms with Gasteiger partial charge in [-0.25, -0.2) is 18.1 Å². The highest BCUT2D eigenvalue weighted by atomic mass is 32.2. The molecule has 2 rings (SSSR count). The van der Waals surface area contributed by atoms with Crippen LogP contribution in [0.3, 0.4) is 0 Å². The topological polar surface area (TPSA) is 84.1 Å². The van der Waals surface area contributed by atoms with E-state index < -0.39 is 10.0 Å². The lowest BCUT2D eigenvalue weighted by molar-refractivity contribution is 0.127. The third-order valence-corrected chi connectivity index (χ3v) is 4.46. The van der Waals surface area contributed by atoms with Gasteiger partial charge in [0.2, 0.25) is 10.0 Å². The summed E-state index contributed by atoms with van der Waals surface area (Å²) in [6.45, 7) is 2.58. The monoisotopic (exact) mass is 273 g/mol. The SMILES string of the molecule is CCC(NS(=O)(=O)CC1CCCO1)c1ncc[nH]1. The summed E-state index contributed by atoms with van der Waals surface area (Å²) in [7, 11) is -3.34. The maximum atomic E-state index is 12.0. The molecule has 0 aromatic carbocycles. The third kappa shape index (κ3) is 3.54. The summed E-state index contributed by atoms with van der Waals surface area (Å²) in [4.78, 5) is 7.02. The minimum atomic E-state index is -3.34. The number of hydrogen-bond acceptors (Lipinski definition) is 4. The van der Waals surface area contributed by atoms with Crippen molar-refractivity contribution in [2.45, 2.75) is 38.3 Å². The van der Waals surface area contributed by atoms with Crippen LogP contribution in [0, 0.1) is 0 Å². The van der Waals surface area contributed by atoms with Crippen LogP contribution in [0.1, 0.15) is 38.1 Å². The number of imidazole rings is 1. The largest absolute Gasteiger partial charge is 0.377 e. The van der Waals surface area contributed by atoms with Crippen molar-refractivity contribution in [2.24, 2.45) is 0 Å². The summed E-state index contributed by atoms with van der Waals surface area (Å²) in [5.74, 6) is 0.679. The van der Waals surface area contributed by atoms with Crippen LogP contribution in [0.15, 0.2) is 12.4 Å². The fourth-order valence-corrected chi connectivity index (χ4v) is 3.65. The van der Waals surface area contributed by atoms with Gasteiger partial charge in [0.05, 0.1) is 17.9 Å². The number of aromatic nitrogens is 2. The molecule has 6 nitrogen and oxygen atoms in total. The van der Waals surface area contributed by atoms with E-state index in [1.54, 1.807) is 12.4 Å². The van der Waals surface area contributed by atoms with Gasteiger partial charge in [-0.3, -0.25) is 0 Å². The van der Waals surface area contributed by atoms with Crippen molar-refractivity contribution < 1.29 is 13.2 Å². The molecular formula is C11H19N3O3S. The highest BCUT2D eigenvalue weighted by Gasteiger charge is 2.26. The zero-order valence-electron chi connectivity index (χ0n) is 10.4. The fraction of sp³-hybridized carbons (Fsp3) is 0.727. The molecule has 2 N–H and O–H groups in total. The molecule has 102 valence electrons. The van der Waals surface area contributed by atoms with Crippen molar-refractivity contribution in [1.29, 1.82) is 0 Å². The minimum absolute atomic E-state index is 0.0320. The Balaban J connectivity index is 1.97. The van der Waals surface area contributed by atoms with Gasteiger partial charge in [0.25, 0.3) is 0 Å². The number of rotatable bonds is 6. The Morgan fingerprint density at radius 2 is 2.50 bits per heavy atom. The van der Waals surface area contributed by atoms with Crippen molar-refractivity contribution in [3.05, 3.63) is 18.2 Å². The van der Waals surface area contributed by atoms with E-state index in [2.05, 4.69) is 14.7 Å². The second kappa shape index (κ2) is 5.81. The van der Waals surface area contributed by atoms with Gasteiger partial charge in [0, 0.05) is 19.0 Å². The zero-order valence-corrected chi connectivity index (χ0v) is 11.2. The molecule has 0 radical (unpaired) electrons. The molecule has 1 aliphatic rings. The lowest BCUT2D eigenvalue weighted by atomic mass is 10.2. The van der Waals surface area contributed by atoms with E-state index in [4.69, 9.17) is 4.74 Å². The highest BCUT2D eigenvalue weighted by molar-refractivity contribution is 7.89. The van der Waals surface area contributed by atoms with Crippen LogP contribution in [0.5, 0.6) is 0 Å². The molecule has 1 aliphatic heterocycles. The number of hydrogen-bond donors (Lipinski definition) is 2. The molecule has 1 aromatic rings. The molecular weight excluding hydrogens is 254 g/mol. The normalized spacial score (nSPS) is 22.2. The average Bonchev–Trinajstić information content (AvgIpc) is 2.97. The maximum absolute atomic E-state index is 12.0. The number of sulfonamides is 1. The maximum Gasteiger partial charge on any atom is 0.214 e. The Morgan fingerprint density at radius 3 is 3.06 bits per heavy atom. The number of H-pyrrole nitrogens is 1. The van der Waals surface area contributed by atoms with E-state index in [1.165, 1.54) is 0 Å². The minimum Gasteiger partial charge on any atom is -0.377 e. The molecule has 0 spiro atoms. The number of nitrogens with zero attached hydrogens (tertiary/aromatic N) is 1. The third-order valence-electron chi connectivity index (χ3n) is 3.01. The first-order valence-corrected chi connectivity index (χ1v) is 7.87. The predicted molar refractivity (Wildman–Crippen MR) is 67.5 cm³/mol. The fourth-order valence-electron chi connectivity index (χ4n) is 2.09. The van der Waals surface area contributed by atoms with E-state index in [0.717, 1.165) is 12.8 Å². The van der Waals surface area contributed by atoms with E-state index in [9.17, 15) is 8.42 Å². The average molecular weight is 273 g/mol. The van der Waals surface area contributed by atoms with Crippen molar-refractivity contribution in [3.8, 4) is 0 Å². The molecule has 2 unspecified atom stereocenters. The Labute approximate surface area is 107 Å². The molecule has 0 amide bonds. The molecule has 0 aliphatic carbocycles. The number of ether oxygens (including phenoxy) is 1. The van der Waals surface area contributed by atoms with E-state index >= 15 is 0 Å². The van der Waals surface area contributed by atoms with Gasteiger partial charge in [-0.15, -0.1) is 0 Å². The van der Waals surface area contributed by atoms with E-state index in [0.29, 0.717) is 18.9 Å². The molecule has 0 saturated carbocycles. The van der Waals surface area contributed by atoms with Crippen LogP contribution in [0.2, 0.25) is 0 Å². The van der Waals surface area contributed by atoms with Gasteiger partial charge in [0.1, 0.15) is 5.82 Å². The van der Waals surface area contributed by atoms with Gasteiger partial charge in [0.15, 0.2) is 0 Å². The zero-order chi connectivity index (χ0) is 13.0. The summed E-state index contributed by atoms with van der Waals surface area (Å²) >= 11 is 0. The second-order valence-electron chi connectivity index (χ2n) is 4.47. The van der Waals surface area contributed by atoms with Crippen LogP contribution < -0.4 is 4.72 Å². The van der Waals surface area contributed by atoms with Crippen LogP contribution in [-0.4, -0.2) is 36.8 Å². The molecule has 1 aromatic heterocycles. The van der Waals surface area contributed by atoms with Crippen molar-refractivity contribution in [2.75, 3.05) is 12.4 Å². The molecule has 2 heterocycles. The lowest BCUT2D eigenvalue weighted by Gasteiger charge is -2.16. The van der Waals surface area contributed by atoms with Crippen LogP contribution in [0.25, 0.3) is 0 Å². The molecule has 1 fully saturated rings.